The van der Waals surface area contributed by atoms with Crippen LogP contribution in [0.5, 0.6) is 0 Å². The van der Waals surface area contributed by atoms with Crippen LogP contribution in [-0.2, 0) is 20.0 Å². The van der Waals surface area contributed by atoms with Crippen LogP contribution in [0.3, 0.4) is 0 Å². The highest BCUT2D eigenvalue weighted by Gasteiger charge is 2.29. The van der Waals surface area contributed by atoms with Gasteiger partial charge in [-0.1, -0.05) is 12.5 Å². The summed E-state index contributed by atoms with van der Waals surface area (Å²) in [6.45, 7) is 0.622. The topological polar surface area (TPSA) is 104 Å². The van der Waals surface area contributed by atoms with Gasteiger partial charge in [-0.25, -0.2) is 25.5 Å². The first-order valence-electron chi connectivity index (χ1n) is 9.67. The third-order valence-corrected chi connectivity index (χ3v) is 8.72. The normalized spacial score (nSPS) is 15.7. The van der Waals surface area contributed by atoms with E-state index in [2.05, 4.69) is 5.32 Å². The van der Waals surface area contributed by atoms with Gasteiger partial charge in [0.2, 0.25) is 20.0 Å². The molecule has 168 valence electrons. The largest absolute Gasteiger partial charge is 0.322 e. The summed E-state index contributed by atoms with van der Waals surface area (Å²) in [6, 6.07) is 8.80. The minimum atomic E-state index is -4.06. The van der Waals surface area contributed by atoms with Crippen LogP contribution in [0.1, 0.15) is 29.6 Å². The smallest absolute Gasteiger partial charge is 0.255 e. The van der Waals surface area contributed by atoms with Gasteiger partial charge in [0, 0.05) is 38.4 Å². The van der Waals surface area contributed by atoms with Crippen molar-refractivity contribution >= 4 is 31.6 Å². The predicted octanol–water partition coefficient (Wildman–Crippen LogP) is 2.50. The van der Waals surface area contributed by atoms with Crippen molar-refractivity contribution in [2.45, 2.75) is 29.1 Å². The Balaban J connectivity index is 1.88. The Hall–Kier alpha value is -2.34. The first kappa shape index (κ1) is 23.3. The summed E-state index contributed by atoms with van der Waals surface area (Å²) in [6.07, 6.45) is 2.32. The van der Waals surface area contributed by atoms with Crippen molar-refractivity contribution in [3.8, 4) is 0 Å². The Bertz CT molecular complexity index is 1190. The maximum absolute atomic E-state index is 14.4. The molecule has 8 nitrogen and oxygen atoms in total. The van der Waals surface area contributed by atoms with Crippen LogP contribution < -0.4 is 5.32 Å². The van der Waals surface area contributed by atoms with E-state index in [0.29, 0.717) is 25.9 Å². The van der Waals surface area contributed by atoms with Crippen LogP contribution in [0, 0.1) is 5.82 Å². The zero-order chi connectivity index (χ0) is 22.8. The molecule has 0 saturated carbocycles. The molecule has 0 atom stereocenters. The number of halogens is 1. The van der Waals surface area contributed by atoms with E-state index in [0.717, 1.165) is 22.9 Å². The number of benzene rings is 2. The lowest BCUT2D eigenvalue weighted by Gasteiger charge is -2.26. The van der Waals surface area contributed by atoms with Crippen molar-refractivity contribution in [1.82, 2.24) is 8.61 Å². The molecule has 1 aliphatic rings. The van der Waals surface area contributed by atoms with Crippen LogP contribution >= 0.6 is 0 Å². The predicted molar refractivity (Wildman–Crippen MR) is 114 cm³/mol. The van der Waals surface area contributed by atoms with Crippen molar-refractivity contribution in [2.24, 2.45) is 0 Å². The Kier molecular flexibility index (Phi) is 6.79. The Morgan fingerprint density at radius 1 is 1.00 bits per heavy atom. The summed E-state index contributed by atoms with van der Waals surface area (Å²) >= 11 is 0. The number of piperidine rings is 1. The van der Waals surface area contributed by atoms with E-state index >= 15 is 0 Å². The van der Waals surface area contributed by atoms with E-state index in [1.807, 2.05) is 0 Å². The van der Waals surface area contributed by atoms with Gasteiger partial charge in [0.15, 0.2) is 0 Å². The third-order valence-electron chi connectivity index (χ3n) is 5.00. The highest BCUT2D eigenvalue weighted by atomic mass is 32.2. The second-order valence-electron chi connectivity index (χ2n) is 7.38. The molecule has 0 spiro atoms. The van der Waals surface area contributed by atoms with Gasteiger partial charge in [0.05, 0.1) is 4.90 Å². The van der Waals surface area contributed by atoms with Gasteiger partial charge in [0.1, 0.15) is 10.7 Å². The number of carbonyl (C=O) groups excluding carboxylic acids is 1. The number of carbonyl (C=O) groups is 1. The van der Waals surface area contributed by atoms with Gasteiger partial charge >= 0.3 is 0 Å². The van der Waals surface area contributed by atoms with Crippen molar-refractivity contribution in [3.63, 3.8) is 0 Å². The second-order valence-corrected chi connectivity index (χ2v) is 11.4. The van der Waals surface area contributed by atoms with E-state index in [1.165, 1.54) is 48.7 Å². The zero-order valence-corrected chi connectivity index (χ0v) is 18.8. The number of nitrogens with zero attached hydrogens (tertiary/aromatic N) is 2. The quantitative estimate of drug-likeness (QED) is 0.700. The number of amides is 1. The molecule has 0 bridgehead atoms. The molecule has 2 aromatic carbocycles. The lowest BCUT2D eigenvalue weighted by Crippen LogP contribution is -2.36. The van der Waals surface area contributed by atoms with Crippen LogP contribution in [-0.4, -0.2) is 58.5 Å². The molecule has 0 aromatic heterocycles. The Morgan fingerprint density at radius 2 is 1.68 bits per heavy atom. The minimum Gasteiger partial charge on any atom is -0.322 e. The third kappa shape index (κ3) is 4.95. The summed E-state index contributed by atoms with van der Waals surface area (Å²) < 4.78 is 66.9. The molecule has 1 fully saturated rings. The van der Waals surface area contributed by atoms with Gasteiger partial charge in [-0.3, -0.25) is 4.79 Å². The molecular weight excluding hydrogens is 445 g/mol. The van der Waals surface area contributed by atoms with Crippen molar-refractivity contribution in [3.05, 3.63) is 53.8 Å². The fraction of sp³-hybridized carbons (Fsp3) is 0.350. The molecule has 1 heterocycles. The second kappa shape index (κ2) is 9.03. The van der Waals surface area contributed by atoms with Crippen LogP contribution in [0.2, 0.25) is 0 Å². The number of sulfonamides is 2. The van der Waals surface area contributed by atoms with Crippen LogP contribution in [0.15, 0.2) is 52.3 Å². The Labute approximate surface area is 181 Å². The number of hydrogen-bond acceptors (Lipinski definition) is 5. The fourth-order valence-electron chi connectivity index (χ4n) is 3.24. The first-order valence-corrected chi connectivity index (χ1v) is 12.5. The highest BCUT2D eigenvalue weighted by molar-refractivity contribution is 7.89. The molecule has 31 heavy (non-hydrogen) atoms. The molecular formula is C20H24FN3O5S2. The molecule has 1 amide bonds. The monoisotopic (exact) mass is 469 g/mol. The molecule has 0 aliphatic carbocycles. The Morgan fingerprint density at radius 3 is 2.32 bits per heavy atom. The first-order chi connectivity index (χ1) is 14.5. The number of nitrogens with one attached hydrogen (secondary N) is 1. The minimum absolute atomic E-state index is 0.0113. The maximum Gasteiger partial charge on any atom is 0.255 e. The average molecular weight is 470 g/mol. The summed E-state index contributed by atoms with van der Waals surface area (Å²) in [5.41, 5.74) is 0.149. The molecule has 2 aromatic rings. The zero-order valence-electron chi connectivity index (χ0n) is 17.2. The van der Waals surface area contributed by atoms with Crippen LogP contribution in [0.4, 0.5) is 10.1 Å². The van der Waals surface area contributed by atoms with Gasteiger partial charge in [-0.2, -0.15) is 4.31 Å². The lowest BCUT2D eigenvalue weighted by molar-refractivity contribution is 0.102. The summed E-state index contributed by atoms with van der Waals surface area (Å²) in [4.78, 5) is 12.1. The van der Waals surface area contributed by atoms with Crippen molar-refractivity contribution in [1.29, 1.82) is 0 Å². The molecule has 11 heteroatoms. The fourth-order valence-corrected chi connectivity index (χ4v) is 5.79. The molecule has 1 N–H and O–H groups in total. The van der Waals surface area contributed by atoms with Gasteiger partial charge < -0.3 is 5.32 Å². The van der Waals surface area contributed by atoms with E-state index in [4.69, 9.17) is 0 Å². The highest BCUT2D eigenvalue weighted by Crippen LogP contribution is 2.25. The van der Waals surface area contributed by atoms with E-state index in [1.54, 1.807) is 0 Å². The molecule has 0 radical (unpaired) electrons. The van der Waals surface area contributed by atoms with Gasteiger partial charge in [-0.15, -0.1) is 0 Å². The molecule has 1 saturated heterocycles. The standard InChI is InChI=1S/C20H24FN3O5S2/c1-23(2)30(26,27)17-8-6-7-16(14-17)22-20(25)15-9-10-18(21)19(13-15)31(28,29)24-11-4-3-5-12-24/h6-10,13-14H,3-5,11-12H2,1-2H3,(H,22,25). The van der Waals surface area contributed by atoms with Crippen molar-refractivity contribution < 1.29 is 26.0 Å². The van der Waals surface area contributed by atoms with E-state index in [9.17, 15) is 26.0 Å². The number of hydrogen-bond donors (Lipinski definition) is 1. The summed E-state index contributed by atoms with van der Waals surface area (Å²) in [5.74, 6) is -1.62. The summed E-state index contributed by atoms with van der Waals surface area (Å²) in [7, 11) is -4.98. The number of anilines is 1. The molecule has 1 aliphatic heterocycles. The SMILES string of the molecule is CN(C)S(=O)(=O)c1cccc(NC(=O)c2ccc(F)c(S(=O)(=O)N3CCCCC3)c2)c1. The maximum atomic E-state index is 14.4. The van der Waals surface area contributed by atoms with E-state index in [-0.39, 0.29) is 16.1 Å². The van der Waals surface area contributed by atoms with Crippen LogP contribution in [0.25, 0.3) is 0 Å². The lowest BCUT2D eigenvalue weighted by atomic mass is 10.2. The molecule has 3 rings (SSSR count). The van der Waals surface area contributed by atoms with Gasteiger partial charge in [0.25, 0.3) is 5.91 Å². The molecule has 0 unspecified atom stereocenters. The average Bonchev–Trinajstić information content (AvgIpc) is 2.74. The summed E-state index contributed by atoms with van der Waals surface area (Å²) in [5, 5.41) is 2.53. The van der Waals surface area contributed by atoms with Gasteiger partial charge in [-0.05, 0) is 49.2 Å². The van der Waals surface area contributed by atoms with E-state index < -0.39 is 36.7 Å². The van der Waals surface area contributed by atoms with Crippen molar-refractivity contribution in [2.75, 3.05) is 32.5 Å². The number of rotatable bonds is 6.